The number of carbonyl (C=O) groups is 2. The van der Waals surface area contributed by atoms with Crippen LogP contribution in [0.15, 0.2) is 18.2 Å². The molecule has 8 nitrogen and oxygen atoms in total. The highest BCUT2D eigenvalue weighted by atomic mass is 16.7. The summed E-state index contributed by atoms with van der Waals surface area (Å²) in [5, 5.41) is 0. The molecule has 150 valence electrons. The Morgan fingerprint density at radius 1 is 0.862 bits per heavy atom. The third-order valence-corrected chi connectivity index (χ3v) is 5.64. The number of cyclic esters (lactones) is 1. The minimum Gasteiger partial charge on any atom is -0.493 e. The first-order chi connectivity index (χ1) is 14.1. The zero-order valence-corrected chi connectivity index (χ0v) is 16.1. The average molecular weight is 398 g/mol. The molecule has 0 saturated carbocycles. The highest BCUT2D eigenvalue weighted by Crippen LogP contribution is 2.55. The smallest absolute Gasteiger partial charge is 0.314 e. The Hall–Kier alpha value is -3.42. The molecule has 29 heavy (non-hydrogen) atoms. The highest BCUT2D eigenvalue weighted by Gasteiger charge is 2.48. The predicted octanol–water partition coefficient (Wildman–Crippen LogP) is 2.56. The molecule has 1 aliphatic carbocycles. The topological polar surface area (TPSA) is 89.5 Å². The van der Waals surface area contributed by atoms with Crippen LogP contribution in [-0.2, 0) is 9.53 Å². The van der Waals surface area contributed by atoms with Crippen LogP contribution in [-0.4, -0.2) is 46.5 Å². The number of hydrogen-bond acceptors (Lipinski definition) is 8. The van der Waals surface area contributed by atoms with E-state index < -0.39 is 17.8 Å². The molecule has 5 rings (SSSR count). The first-order valence-corrected chi connectivity index (χ1v) is 9.06. The van der Waals surface area contributed by atoms with Gasteiger partial charge in [-0.25, -0.2) is 0 Å². The van der Waals surface area contributed by atoms with Crippen molar-refractivity contribution >= 4 is 11.8 Å². The lowest BCUT2D eigenvalue weighted by atomic mass is 9.84. The van der Waals surface area contributed by atoms with Crippen molar-refractivity contribution in [3.63, 3.8) is 0 Å². The first-order valence-electron chi connectivity index (χ1n) is 9.06. The summed E-state index contributed by atoms with van der Waals surface area (Å²) in [5.74, 6) is 0.0942. The van der Waals surface area contributed by atoms with Crippen LogP contribution in [0.25, 0.3) is 11.1 Å². The Morgan fingerprint density at radius 2 is 1.55 bits per heavy atom. The van der Waals surface area contributed by atoms with Gasteiger partial charge in [-0.15, -0.1) is 0 Å². The van der Waals surface area contributed by atoms with E-state index >= 15 is 0 Å². The number of benzene rings is 2. The maximum Gasteiger partial charge on any atom is 0.314 e. The molecular weight excluding hydrogens is 380 g/mol. The Morgan fingerprint density at radius 3 is 2.21 bits per heavy atom. The maximum atomic E-state index is 13.4. The van der Waals surface area contributed by atoms with E-state index in [0.29, 0.717) is 51.0 Å². The van der Waals surface area contributed by atoms with Gasteiger partial charge in [0.2, 0.25) is 12.5 Å². The van der Waals surface area contributed by atoms with E-state index in [4.69, 9.17) is 28.4 Å². The Labute approximate surface area is 166 Å². The first kappa shape index (κ1) is 17.7. The molecule has 2 aromatic carbocycles. The van der Waals surface area contributed by atoms with Gasteiger partial charge in [-0.1, -0.05) is 0 Å². The van der Waals surface area contributed by atoms with Crippen LogP contribution in [0.1, 0.15) is 21.8 Å². The molecule has 1 saturated heterocycles. The fraction of sp³-hybridized carbons (Fsp3) is 0.333. The van der Waals surface area contributed by atoms with Crippen LogP contribution < -0.4 is 23.7 Å². The second kappa shape index (κ2) is 6.30. The summed E-state index contributed by atoms with van der Waals surface area (Å²) in [5.41, 5.74) is 2.19. The van der Waals surface area contributed by atoms with Crippen molar-refractivity contribution in [2.45, 2.75) is 5.92 Å². The summed E-state index contributed by atoms with van der Waals surface area (Å²) in [6, 6.07) is 5.12. The Bertz CT molecular complexity index is 1060. The van der Waals surface area contributed by atoms with Crippen molar-refractivity contribution in [2.75, 3.05) is 34.7 Å². The lowest BCUT2D eigenvalue weighted by Crippen LogP contribution is -2.21. The second-order valence-corrected chi connectivity index (χ2v) is 6.94. The van der Waals surface area contributed by atoms with Crippen molar-refractivity contribution in [1.82, 2.24) is 0 Å². The van der Waals surface area contributed by atoms with Gasteiger partial charge >= 0.3 is 5.97 Å². The number of ether oxygens (including phenoxy) is 6. The number of rotatable bonds is 3. The second-order valence-electron chi connectivity index (χ2n) is 6.94. The molecule has 0 aromatic heterocycles. The normalized spacial score (nSPS) is 20.9. The van der Waals surface area contributed by atoms with Crippen LogP contribution in [0.4, 0.5) is 0 Å². The number of esters is 1. The van der Waals surface area contributed by atoms with Gasteiger partial charge in [0.25, 0.3) is 0 Å². The fourth-order valence-electron chi connectivity index (χ4n) is 4.34. The van der Waals surface area contributed by atoms with Gasteiger partial charge in [-0.2, -0.15) is 0 Å². The number of fused-ring (bicyclic) bond motifs is 6. The minimum atomic E-state index is -0.768. The average Bonchev–Trinajstić information content (AvgIpc) is 3.33. The van der Waals surface area contributed by atoms with Crippen LogP contribution >= 0.6 is 0 Å². The molecule has 8 heteroatoms. The Balaban J connectivity index is 1.91. The Kier molecular flexibility index (Phi) is 3.84. The van der Waals surface area contributed by atoms with Crippen molar-refractivity contribution in [1.29, 1.82) is 0 Å². The summed E-state index contributed by atoms with van der Waals surface area (Å²) in [6.45, 7) is 0.0995. The number of methoxy groups -OCH3 is 3. The SMILES string of the molecule is COc1cc2c(c(OC)c1OC)-c1cc3c(cc1C(=O)C1COC(=O)C21)OCO3. The van der Waals surface area contributed by atoms with Crippen LogP contribution in [0, 0.1) is 5.92 Å². The van der Waals surface area contributed by atoms with Gasteiger partial charge in [-0.05, 0) is 23.8 Å². The highest BCUT2D eigenvalue weighted by molar-refractivity contribution is 6.11. The quantitative estimate of drug-likeness (QED) is 0.729. The third kappa shape index (κ3) is 2.31. The molecular formula is C21H18O8. The number of carbonyl (C=O) groups excluding carboxylic acids is 2. The van der Waals surface area contributed by atoms with Crippen molar-refractivity contribution in [2.24, 2.45) is 5.92 Å². The molecule has 2 aromatic rings. The van der Waals surface area contributed by atoms with Gasteiger partial charge in [-0.3, -0.25) is 9.59 Å². The fourth-order valence-corrected chi connectivity index (χ4v) is 4.34. The number of Topliss-reactive ketones (excluding diaryl/α,β-unsaturated/α-hetero) is 1. The van der Waals surface area contributed by atoms with E-state index in [2.05, 4.69) is 0 Å². The monoisotopic (exact) mass is 398 g/mol. The van der Waals surface area contributed by atoms with E-state index in [-0.39, 0.29) is 19.2 Å². The number of ketones is 1. The van der Waals surface area contributed by atoms with E-state index in [1.54, 1.807) is 18.2 Å². The maximum absolute atomic E-state index is 13.4. The van der Waals surface area contributed by atoms with Crippen molar-refractivity contribution in [3.8, 4) is 39.9 Å². The summed E-state index contributed by atoms with van der Waals surface area (Å²) in [4.78, 5) is 26.0. The molecule has 3 aliphatic rings. The van der Waals surface area contributed by atoms with Gasteiger partial charge in [0.1, 0.15) is 6.61 Å². The summed E-state index contributed by atoms with van der Waals surface area (Å²) >= 11 is 0. The van der Waals surface area contributed by atoms with Crippen LogP contribution in [0.5, 0.6) is 28.7 Å². The van der Waals surface area contributed by atoms with Gasteiger partial charge < -0.3 is 28.4 Å². The molecule has 0 bridgehead atoms. The molecule has 0 N–H and O–H groups in total. The van der Waals surface area contributed by atoms with Gasteiger partial charge in [0.05, 0.1) is 33.2 Å². The summed E-state index contributed by atoms with van der Waals surface area (Å²) < 4.78 is 32.9. The van der Waals surface area contributed by atoms with Crippen LogP contribution in [0.3, 0.4) is 0 Å². The molecule has 0 spiro atoms. The van der Waals surface area contributed by atoms with E-state index in [1.807, 2.05) is 0 Å². The number of hydrogen-bond donors (Lipinski definition) is 0. The zero-order valence-electron chi connectivity index (χ0n) is 16.1. The standard InChI is InChI=1S/C21H18O8/c1-24-15-6-11-16(20(26-3)19(15)25-2)9-4-13-14(29-8-28-13)5-10(9)18(22)12-7-27-21(23)17(11)12/h4-6,12,17H,7-8H2,1-3H3. The van der Waals surface area contributed by atoms with E-state index in [1.165, 1.54) is 21.3 Å². The molecule has 0 radical (unpaired) electrons. The van der Waals surface area contributed by atoms with E-state index in [0.717, 1.165) is 0 Å². The molecule has 2 unspecified atom stereocenters. The molecule has 1 fully saturated rings. The van der Waals surface area contributed by atoms with Crippen molar-refractivity contribution < 1.29 is 38.0 Å². The molecule has 0 amide bonds. The summed E-state index contributed by atoms with van der Waals surface area (Å²) in [6.07, 6.45) is 0. The molecule has 2 aliphatic heterocycles. The minimum absolute atomic E-state index is 0.0202. The van der Waals surface area contributed by atoms with Gasteiger partial charge in [0.15, 0.2) is 28.8 Å². The van der Waals surface area contributed by atoms with Crippen LogP contribution in [0.2, 0.25) is 0 Å². The molecule has 2 heterocycles. The largest absolute Gasteiger partial charge is 0.493 e. The third-order valence-electron chi connectivity index (χ3n) is 5.64. The van der Waals surface area contributed by atoms with Gasteiger partial charge in [0, 0.05) is 16.7 Å². The lowest BCUT2D eigenvalue weighted by molar-refractivity contribution is -0.139. The lowest BCUT2D eigenvalue weighted by Gasteiger charge is -2.21. The van der Waals surface area contributed by atoms with E-state index in [9.17, 15) is 9.59 Å². The predicted molar refractivity (Wildman–Crippen MR) is 99.2 cm³/mol. The zero-order chi connectivity index (χ0) is 20.3. The summed E-state index contributed by atoms with van der Waals surface area (Å²) in [7, 11) is 4.51. The molecule has 2 atom stereocenters. The van der Waals surface area contributed by atoms with Crippen molar-refractivity contribution in [3.05, 3.63) is 29.3 Å².